The minimum Gasteiger partial charge on any atom is -0.479 e. The van der Waals surface area contributed by atoms with Gasteiger partial charge < -0.3 is 20.8 Å². The van der Waals surface area contributed by atoms with E-state index in [4.69, 9.17) is 10.5 Å². The van der Waals surface area contributed by atoms with Gasteiger partial charge in [0.1, 0.15) is 11.3 Å². The first kappa shape index (κ1) is 19.8. The highest BCUT2D eigenvalue weighted by atomic mass is 16.5. The number of amides is 1. The summed E-state index contributed by atoms with van der Waals surface area (Å²) in [4.78, 5) is 24.6. The van der Waals surface area contributed by atoms with Crippen LogP contribution < -0.4 is 15.8 Å². The quantitative estimate of drug-likeness (QED) is 0.625. The van der Waals surface area contributed by atoms with E-state index in [0.29, 0.717) is 18.0 Å². The van der Waals surface area contributed by atoms with E-state index in [-0.39, 0.29) is 11.3 Å². The van der Waals surface area contributed by atoms with E-state index in [2.05, 4.69) is 41.0 Å². The predicted octanol–water partition coefficient (Wildman–Crippen LogP) is 3.64. The summed E-state index contributed by atoms with van der Waals surface area (Å²) in [7, 11) is 1.53. The number of carbonyl (C=O) groups is 1. The lowest BCUT2D eigenvalue weighted by Gasteiger charge is -2.22. The predicted molar refractivity (Wildman–Crippen MR) is 111 cm³/mol. The molecule has 0 radical (unpaired) electrons. The summed E-state index contributed by atoms with van der Waals surface area (Å²) in [6.07, 6.45) is 2.32. The second-order valence-corrected chi connectivity index (χ2v) is 8.19. The molecule has 0 aliphatic heterocycles. The van der Waals surface area contributed by atoms with E-state index in [9.17, 15) is 4.79 Å². The van der Waals surface area contributed by atoms with Crippen molar-refractivity contribution in [2.45, 2.75) is 40.2 Å². The number of aromatic nitrogens is 3. The highest BCUT2D eigenvalue weighted by Crippen LogP contribution is 2.31. The molecule has 7 heteroatoms. The maximum atomic E-state index is 12.5. The molecule has 0 fully saturated rings. The molecule has 0 unspecified atom stereocenters. The van der Waals surface area contributed by atoms with E-state index in [1.807, 2.05) is 25.1 Å². The van der Waals surface area contributed by atoms with E-state index < -0.39 is 6.04 Å². The van der Waals surface area contributed by atoms with Crippen molar-refractivity contribution in [3.63, 3.8) is 0 Å². The molecule has 3 rings (SSSR count). The number of nitrogens with one attached hydrogen (secondary N) is 2. The minimum absolute atomic E-state index is 0.0373. The zero-order valence-corrected chi connectivity index (χ0v) is 17.0. The number of nitrogens with zero attached hydrogens (tertiary/aromatic N) is 2. The van der Waals surface area contributed by atoms with Crippen molar-refractivity contribution >= 4 is 22.6 Å². The normalized spacial score (nSPS) is 12.8. The number of hydrogen-bond acceptors (Lipinski definition) is 5. The van der Waals surface area contributed by atoms with Gasteiger partial charge in [-0.05, 0) is 43.0 Å². The van der Waals surface area contributed by atoms with E-state index in [1.54, 1.807) is 12.3 Å². The van der Waals surface area contributed by atoms with Crippen molar-refractivity contribution in [3.8, 4) is 17.1 Å². The van der Waals surface area contributed by atoms with Crippen LogP contribution in [0.15, 0.2) is 30.5 Å². The molecule has 0 saturated heterocycles. The van der Waals surface area contributed by atoms with Crippen molar-refractivity contribution in [3.05, 3.63) is 36.2 Å². The molecule has 3 aromatic heterocycles. The third kappa shape index (κ3) is 4.31. The van der Waals surface area contributed by atoms with Crippen molar-refractivity contribution < 1.29 is 9.53 Å². The smallest absolute Gasteiger partial charge is 0.241 e. The van der Waals surface area contributed by atoms with E-state index >= 15 is 0 Å². The fourth-order valence-corrected chi connectivity index (χ4v) is 3.20. The highest BCUT2D eigenvalue weighted by Gasteiger charge is 2.22. The fourth-order valence-electron chi connectivity index (χ4n) is 3.20. The lowest BCUT2D eigenvalue weighted by molar-refractivity contribution is -0.118. The van der Waals surface area contributed by atoms with Crippen LogP contribution in [0.25, 0.3) is 22.3 Å². The number of carbonyl (C=O) groups excluding carboxylic acids is 1. The molecule has 4 N–H and O–H groups in total. The van der Waals surface area contributed by atoms with Gasteiger partial charge in [-0.1, -0.05) is 20.8 Å². The van der Waals surface area contributed by atoms with E-state index in [1.165, 1.54) is 7.11 Å². The van der Waals surface area contributed by atoms with Crippen LogP contribution in [0.5, 0.6) is 5.88 Å². The van der Waals surface area contributed by atoms with Crippen molar-refractivity contribution in [2.75, 3.05) is 12.4 Å². The third-order valence-electron chi connectivity index (χ3n) is 4.42. The summed E-state index contributed by atoms with van der Waals surface area (Å²) in [5, 5.41) is 3.82. The Morgan fingerprint density at radius 2 is 2.07 bits per heavy atom. The van der Waals surface area contributed by atoms with Gasteiger partial charge >= 0.3 is 0 Å². The fraction of sp³-hybridized carbons (Fsp3) is 0.381. The molecular formula is C21H27N5O2. The van der Waals surface area contributed by atoms with Gasteiger partial charge in [0.2, 0.25) is 11.8 Å². The van der Waals surface area contributed by atoms with Gasteiger partial charge in [0.15, 0.2) is 0 Å². The topological polar surface area (TPSA) is 106 Å². The van der Waals surface area contributed by atoms with Gasteiger partial charge in [0, 0.05) is 22.8 Å². The Morgan fingerprint density at radius 1 is 1.32 bits per heavy atom. The number of methoxy groups -OCH3 is 1. The molecule has 1 atom stereocenters. The van der Waals surface area contributed by atoms with Crippen molar-refractivity contribution in [1.82, 2.24) is 15.0 Å². The number of aryl methyl sites for hydroxylation is 1. The van der Waals surface area contributed by atoms with Crippen LogP contribution in [0.4, 0.5) is 5.69 Å². The second-order valence-electron chi connectivity index (χ2n) is 8.19. The van der Waals surface area contributed by atoms with Crippen LogP contribution in [-0.2, 0) is 4.79 Å². The Balaban J connectivity index is 1.89. The molecule has 0 aromatic carbocycles. The molecule has 0 aliphatic carbocycles. The van der Waals surface area contributed by atoms with Crippen LogP contribution in [0.2, 0.25) is 0 Å². The van der Waals surface area contributed by atoms with Gasteiger partial charge in [-0.25, -0.2) is 9.97 Å². The van der Waals surface area contributed by atoms with Crippen LogP contribution in [0.1, 0.15) is 32.9 Å². The number of ether oxygens (including phenoxy) is 1. The van der Waals surface area contributed by atoms with Gasteiger partial charge in [-0.15, -0.1) is 0 Å². The standard InChI is InChI=1S/C21H27N5O2/c1-12-10-14-13(8-9-23-18(14)24-12)16-6-7-17(20(26-16)28-5)25-19(27)15(22)11-21(2,3)4/h6-10,15H,11,22H2,1-5H3,(H,23,24)(H,25,27)/t15-/m1/s1. The number of anilines is 1. The summed E-state index contributed by atoms with van der Waals surface area (Å²) in [5.41, 5.74) is 10.0. The number of hydrogen-bond donors (Lipinski definition) is 3. The summed E-state index contributed by atoms with van der Waals surface area (Å²) >= 11 is 0. The summed E-state index contributed by atoms with van der Waals surface area (Å²) in [5.74, 6) is 0.0846. The molecule has 0 saturated carbocycles. The van der Waals surface area contributed by atoms with Crippen molar-refractivity contribution in [2.24, 2.45) is 11.1 Å². The lowest BCUT2D eigenvalue weighted by atomic mass is 9.88. The SMILES string of the molecule is COc1nc(-c2ccnc3[nH]c(C)cc23)ccc1NC(=O)[C@H](N)CC(C)(C)C. The molecule has 3 aromatic rings. The van der Waals surface area contributed by atoms with Crippen LogP contribution >= 0.6 is 0 Å². The molecule has 28 heavy (non-hydrogen) atoms. The molecule has 0 aliphatic rings. The minimum atomic E-state index is -0.605. The van der Waals surface area contributed by atoms with Crippen LogP contribution in [0, 0.1) is 12.3 Å². The number of H-pyrrole nitrogens is 1. The highest BCUT2D eigenvalue weighted by molar-refractivity contribution is 5.96. The average Bonchev–Trinajstić information content (AvgIpc) is 3.00. The molecule has 7 nitrogen and oxygen atoms in total. The molecule has 1 amide bonds. The number of fused-ring (bicyclic) bond motifs is 1. The second kappa shape index (κ2) is 7.59. The van der Waals surface area contributed by atoms with Crippen molar-refractivity contribution in [1.29, 1.82) is 0 Å². The Labute approximate surface area is 164 Å². The molecule has 148 valence electrons. The van der Waals surface area contributed by atoms with Gasteiger partial charge in [-0.3, -0.25) is 4.79 Å². The molecule has 3 heterocycles. The number of aromatic amines is 1. The maximum absolute atomic E-state index is 12.5. The summed E-state index contributed by atoms with van der Waals surface area (Å²) in [6, 6.07) is 6.98. The maximum Gasteiger partial charge on any atom is 0.241 e. The lowest BCUT2D eigenvalue weighted by Crippen LogP contribution is -2.38. The Kier molecular flexibility index (Phi) is 5.38. The van der Waals surface area contributed by atoms with Gasteiger partial charge in [0.25, 0.3) is 0 Å². The number of nitrogens with two attached hydrogens (primary N) is 1. The largest absolute Gasteiger partial charge is 0.479 e. The van der Waals surface area contributed by atoms with Crippen LogP contribution in [0.3, 0.4) is 0 Å². The van der Waals surface area contributed by atoms with Crippen LogP contribution in [-0.4, -0.2) is 34.0 Å². The average molecular weight is 381 g/mol. The number of pyridine rings is 2. The summed E-state index contributed by atoms with van der Waals surface area (Å²) < 4.78 is 5.42. The molecule has 0 spiro atoms. The monoisotopic (exact) mass is 381 g/mol. The summed E-state index contributed by atoms with van der Waals surface area (Å²) in [6.45, 7) is 8.14. The third-order valence-corrected chi connectivity index (χ3v) is 4.42. The number of rotatable bonds is 5. The Bertz CT molecular complexity index is 1000. The first-order valence-corrected chi connectivity index (χ1v) is 9.24. The Morgan fingerprint density at radius 3 is 2.75 bits per heavy atom. The first-order valence-electron chi connectivity index (χ1n) is 9.24. The molecular weight excluding hydrogens is 354 g/mol. The Hall–Kier alpha value is -2.93. The first-order chi connectivity index (χ1) is 13.2. The molecule has 0 bridgehead atoms. The zero-order chi connectivity index (χ0) is 20.5. The van der Waals surface area contributed by atoms with Gasteiger partial charge in [-0.2, -0.15) is 0 Å². The van der Waals surface area contributed by atoms with Gasteiger partial charge in [0.05, 0.1) is 18.8 Å². The van der Waals surface area contributed by atoms with E-state index in [0.717, 1.165) is 28.0 Å². The zero-order valence-electron chi connectivity index (χ0n) is 17.0.